The predicted molar refractivity (Wildman–Crippen MR) is 81.4 cm³/mol. The lowest BCUT2D eigenvalue weighted by Gasteiger charge is -2.15. The standard InChI is InChI=1S/C16H17N5/c1-12(13-6-3-2-4-7-13)21-16(15(10-17)19-20-21)14-8-5-9-18-11-14/h2-9,11-12H,10,17H2,1H3. The maximum Gasteiger partial charge on any atom is 0.104 e. The van der Waals surface area contributed by atoms with Crippen LogP contribution in [0.3, 0.4) is 0 Å². The zero-order valence-electron chi connectivity index (χ0n) is 11.8. The summed E-state index contributed by atoms with van der Waals surface area (Å²) in [6.07, 6.45) is 3.56. The summed E-state index contributed by atoms with van der Waals surface area (Å²) in [5.41, 5.74) is 9.67. The average Bonchev–Trinajstić information content (AvgIpc) is 2.99. The molecule has 106 valence electrons. The second kappa shape index (κ2) is 5.85. The van der Waals surface area contributed by atoms with Crippen molar-refractivity contribution in [1.82, 2.24) is 20.0 Å². The van der Waals surface area contributed by atoms with E-state index in [1.165, 1.54) is 5.56 Å². The van der Waals surface area contributed by atoms with Crippen LogP contribution < -0.4 is 5.73 Å². The molecule has 21 heavy (non-hydrogen) atoms. The van der Waals surface area contributed by atoms with Gasteiger partial charge in [-0.25, -0.2) is 4.68 Å². The van der Waals surface area contributed by atoms with Crippen molar-refractivity contribution in [2.75, 3.05) is 0 Å². The van der Waals surface area contributed by atoms with Crippen molar-refractivity contribution < 1.29 is 0 Å². The first kappa shape index (κ1) is 13.5. The summed E-state index contributed by atoms with van der Waals surface area (Å²) in [4.78, 5) is 4.18. The molecule has 1 atom stereocenters. The monoisotopic (exact) mass is 279 g/mol. The van der Waals surface area contributed by atoms with Crippen LogP contribution in [0.25, 0.3) is 11.3 Å². The largest absolute Gasteiger partial charge is 0.325 e. The van der Waals surface area contributed by atoms with Gasteiger partial charge in [-0.15, -0.1) is 5.10 Å². The van der Waals surface area contributed by atoms with Crippen molar-refractivity contribution in [3.05, 3.63) is 66.1 Å². The first-order valence-electron chi connectivity index (χ1n) is 6.90. The molecule has 0 aliphatic carbocycles. The van der Waals surface area contributed by atoms with Gasteiger partial charge >= 0.3 is 0 Å². The van der Waals surface area contributed by atoms with E-state index in [9.17, 15) is 0 Å². The maximum absolute atomic E-state index is 5.80. The van der Waals surface area contributed by atoms with Gasteiger partial charge in [0.25, 0.3) is 0 Å². The van der Waals surface area contributed by atoms with Crippen LogP contribution in [0.15, 0.2) is 54.9 Å². The van der Waals surface area contributed by atoms with Crippen LogP contribution in [0.1, 0.15) is 24.2 Å². The normalized spacial score (nSPS) is 12.3. The zero-order valence-corrected chi connectivity index (χ0v) is 11.8. The molecule has 5 nitrogen and oxygen atoms in total. The third kappa shape index (κ3) is 2.55. The summed E-state index contributed by atoms with van der Waals surface area (Å²) < 4.78 is 1.91. The Bertz CT molecular complexity index is 706. The molecule has 3 aromatic rings. The molecule has 0 aliphatic heterocycles. The third-order valence-electron chi connectivity index (χ3n) is 3.54. The molecule has 1 aromatic carbocycles. The fraction of sp³-hybridized carbons (Fsp3) is 0.188. The summed E-state index contributed by atoms with van der Waals surface area (Å²) >= 11 is 0. The van der Waals surface area contributed by atoms with Crippen molar-refractivity contribution in [1.29, 1.82) is 0 Å². The molecule has 3 rings (SSSR count). The lowest BCUT2D eigenvalue weighted by Crippen LogP contribution is -2.11. The van der Waals surface area contributed by atoms with Crippen LogP contribution in [-0.2, 0) is 6.54 Å². The Kier molecular flexibility index (Phi) is 3.75. The molecule has 0 saturated heterocycles. The van der Waals surface area contributed by atoms with E-state index in [0.29, 0.717) is 6.54 Å². The number of hydrogen-bond acceptors (Lipinski definition) is 4. The Balaban J connectivity index is 2.10. The minimum absolute atomic E-state index is 0.0780. The number of rotatable bonds is 4. The molecule has 0 radical (unpaired) electrons. The molecule has 2 aromatic heterocycles. The smallest absolute Gasteiger partial charge is 0.104 e. The topological polar surface area (TPSA) is 69.6 Å². The van der Waals surface area contributed by atoms with Crippen LogP contribution in [0, 0.1) is 0 Å². The molecule has 0 amide bonds. The second-order valence-electron chi connectivity index (χ2n) is 4.86. The minimum Gasteiger partial charge on any atom is -0.325 e. The fourth-order valence-corrected chi connectivity index (χ4v) is 2.41. The third-order valence-corrected chi connectivity index (χ3v) is 3.54. The van der Waals surface area contributed by atoms with Crippen molar-refractivity contribution >= 4 is 0 Å². The number of aromatic nitrogens is 4. The van der Waals surface area contributed by atoms with Gasteiger partial charge in [0.2, 0.25) is 0 Å². The molecule has 2 N–H and O–H groups in total. The fourth-order valence-electron chi connectivity index (χ4n) is 2.41. The quantitative estimate of drug-likeness (QED) is 0.796. The van der Waals surface area contributed by atoms with Gasteiger partial charge in [0, 0.05) is 24.5 Å². The summed E-state index contributed by atoms with van der Waals surface area (Å²) in [5.74, 6) is 0. The summed E-state index contributed by atoms with van der Waals surface area (Å²) in [6.45, 7) is 2.45. The Morgan fingerprint density at radius 3 is 2.62 bits per heavy atom. The average molecular weight is 279 g/mol. The highest BCUT2D eigenvalue weighted by atomic mass is 15.4. The second-order valence-corrected chi connectivity index (χ2v) is 4.86. The molecule has 0 bridgehead atoms. The van der Waals surface area contributed by atoms with E-state index in [4.69, 9.17) is 5.73 Å². The first-order chi connectivity index (χ1) is 10.3. The van der Waals surface area contributed by atoms with Crippen molar-refractivity contribution in [2.45, 2.75) is 19.5 Å². The van der Waals surface area contributed by atoms with E-state index in [-0.39, 0.29) is 6.04 Å². The first-order valence-corrected chi connectivity index (χ1v) is 6.90. The highest BCUT2D eigenvalue weighted by Crippen LogP contribution is 2.27. The molecule has 0 spiro atoms. The van der Waals surface area contributed by atoms with E-state index in [0.717, 1.165) is 17.0 Å². The molecule has 1 unspecified atom stereocenters. The molecular weight excluding hydrogens is 262 g/mol. The SMILES string of the molecule is CC(c1ccccc1)n1nnc(CN)c1-c1cccnc1. The van der Waals surface area contributed by atoms with Crippen molar-refractivity contribution in [3.63, 3.8) is 0 Å². The molecule has 2 heterocycles. The zero-order chi connectivity index (χ0) is 14.7. The Labute approximate surface area is 123 Å². The summed E-state index contributed by atoms with van der Waals surface area (Å²) in [7, 11) is 0. The van der Waals surface area contributed by atoms with Crippen molar-refractivity contribution in [2.24, 2.45) is 5.73 Å². The molecule has 0 aliphatic rings. The summed E-state index contributed by atoms with van der Waals surface area (Å²) in [5, 5.41) is 8.52. The van der Waals surface area contributed by atoms with E-state index < -0.39 is 0 Å². The molecule has 0 fully saturated rings. The van der Waals surface area contributed by atoms with Crippen LogP contribution in [-0.4, -0.2) is 20.0 Å². The predicted octanol–water partition coefficient (Wildman–Crippen LogP) is 2.41. The van der Waals surface area contributed by atoms with Crippen LogP contribution in [0.2, 0.25) is 0 Å². The minimum atomic E-state index is 0.0780. The number of hydrogen-bond donors (Lipinski definition) is 1. The van der Waals surface area contributed by atoms with Crippen LogP contribution in [0.5, 0.6) is 0 Å². The van der Waals surface area contributed by atoms with Gasteiger partial charge in [0.1, 0.15) is 5.69 Å². The number of pyridine rings is 1. The summed E-state index contributed by atoms with van der Waals surface area (Å²) in [6, 6.07) is 14.2. The van der Waals surface area contributed by atoms with Gasteiger partial charge in [-0.2, -0.15) is 0 Å². The molecular formula is C16H17N5. The van der Waals surface area contributed by atoms with Gasteiger partial charge in [-0.05, 0) is 24.6 Å². The number of benzene rings is 1. The molecule has 5 heteroatoms. The van der Waals surface area contributed by atoms with E-state index in [1.54, 1.807) is 6.20 Å². The Morgan fingerprint density at radius 2 is 1.95 bits per heavy atom. The van der Waals surface area contributed by atoms with Gasteiger partial charge in [0.15, 0.2) is 0 Å². The number of nitrogens with two attached hydrogens (primary N) is 1. The maximum atomic E-state index is 5.80. The van der Waals surface area contributed by atoms with E-state index >= 15 is 0 Å². The van der Waals surface area contributed by atoms with Crippen LogP contribution >= 0.6 is 0 Å². The highest BCUT2D eigenvalue weighted by Gasteiger charge is 2.19. The lowest BCUT2D eigenvalue weighted by molar-refractivity contribution is 0.548. The van der Waals surface area contributed by atoms with E-state index in [1.807, 2.05) is 41.2 Å². The lowest BCUT2D eigenvalue weighted by atomic mass is 10.1. The van der Waals surface area contributed by atoms with Gasteiger partial charge < -0.3 is 5.73 Å². The van der Waals surface area contributed by atoms with E-state index in [2.05, 4.69) is 34.4 Å². The number of nitrogens with zero attached hydrogens (tertiary/aromatic N) is 4. The molecule has 0 saturated carbocycles. The Morgan fingerprint density at radius 1 is 1.14 bits per heavy atom. The van der Waals surface area contributed by atoms with Gasteiger partial charge in [-0.3, -0.25) is 4.98 Å². The van der Waals surface area contributed by atoms with Gasteiger partial charge in [-0.1, -0.05) is 35.5 Å². The van der Waals surface area contributed by atoms with Crippen LogP contribution in [0.4, 0.5) is 0 Å². The van der Waals surface area contributed by atoms with Gasteiger partial charge in [0.05, 0.1) is 11.7 Å². The van der Waals surface area contributed by atoms with Crippen molar-refractivity contribution in [3.8, 4) is 11.3 Å². The Hall–Kier alpha value is -2.53. The highest BCUT2D eigenvalue weighted by molar-refractivity contribution is 5.61.